The first-order valence-electron chi connectivity index (χ1n) is 15.1. The first kappa shape index (κ1) is 27.6. The van der Waals surface area contributed by atoms with E-state index in [1.54, 1.807) is 6.20 Å². The SMILES string of the molecule is [C-]#[N+]c1ccc2c(c1)c1cc([N+]#[C-])ccc1n2-c1ccc(-c2cc(-c3ccc(-c4ccccn4)cc3)nc(-c3ccccc3)n2)cc1. The van der Waals surface area contributed by atoms with Crippen LogP contribution < -0.4 is 0 Å². The van der Waals surface area contributed by atoms with E-state index in [1.807, 2.05) is 91.0 Å². The highest BCUT2D eigenvalue weighted by Gasteiger charge is 2.15. The van der Waals surface area contributed by atoms with Crippen molar-refractivity contribution in [1.82, 2.24) is 19.5 Å². The molecule has 0 aliphatic heterocycles. The van der Waals surface area contributed by atoms with Crippen molar-refractivity contribution in [2.75, 3.05) is 0 Å². The first-order chi connectivity index (χ1) is 23.2. The molecule has 0 bridgehead atoms. The zero-order valence-corrected chi connectivity index (χ0v) is 25.0. The molecule has 0 aliphatic rings. The predicted octanol–water partition coefficient (Wildman–Crippen LogP) is 10.7. The summed E-state index contributed by atoms with van der Waals surface area (Å²) in [4.78, 5) is 21.8. The van der Waals surface area contributed by atoms with Crippen molar-refractivity contribution in [3.63, 3.8) is 0 Å². The van der Waals surface area contributed by atoms with Gasteiger partial charge in [-0.3, -0.25) is 4.98 Å². The Kier molecular flexibility index (Phi) is 6.80. The highest BCUT2D eigenvalue weighted by Crippen LogP contribution is 2.37. The summed E-state index contributed by atoms with van der Waals surface area (Å²) in [6.07, 6.45) is 1.80. The maximum absolute atomic E-state index is 7.52. The summed E-state index contributed by atoms with van der Waals surface area (Å²) in [5.41, 5.74) is 10.6. The van der Waals surface area contributed by atoms with Crippen molar-refractivity contribution in [1.29, 1.82) is 0 Å². The second-order valence-electron chi connectivity index (χ2n) is 11.1. The lowest BCUT2D eigenvalue weighted by molar-refractivity contribution is 1.17. The van der Waals surface area contributed by atoms with Gasteiger partial charge in [0.2, 0.25) is 0 Å². The summed E-state index contributed by atoms with van der Waals surface area (Å²) >= 11 is 0. The summed E-state index contributed by atoms with van der Waals surface area (Å²) in [7, 11) is 0. The van der Waals surface area contributed by atoms with Crippen molar-refractivity contribution >= 4 is 33.2 Å². The number of benzene rings is 5. The smallest absolute Gasteiger partial charge is 0.188 e. The molecule has 0 atom stereocenters. The molecule has 218 valence electrons. The molecule has 6 heteroatoms. The van der Waals surface area contributed by atoms with E-state index >= 15 is 0 Å². The quantitative estimate of drug-likeness (QED) is 0.185. The molecule has 3 heterocycles. The zero-order valence-electron chi connectivity index (χ0n) is 25.0. The molecule has 0 amide bonds. The molecule has 8 rings (SSSR count). The van der Waals surface area contributed by atoms with E-state index in [0.29, 0.717) is 17.2 Å². The first-order valence-corrected chi connectivity index (χ1v) is 15.1. The van der Waals surface area contributed by atoms with Crippen LogP contribution in [0.5, 0.6) is 0 Å². The van der Waals surface area contributed by atoms with Gasteiger partial charge in [-0.05, 0) is 65.4 Å². The summed E-state index contributed by atoms with van der Waals surface area (Å²) in [6.45, 7) is 15.0. The minimum absolute atomic E-state index is 0.570. The zero-order chi connectivity index (χ0) is 31.7. The summed E-state index contributed by atoms with van der Waals surface area (Å²) in [5.74, 6) is 0.657. The number of hydrogen-bond acceptors (Lipinski definition) is 3. The number of aromatic nitrogens is 4. The second-order valence-corrected chi connectivity index (χ2v) is 11.1. The van der Waals surface area contributed by atoms with Gasteiger partial charge in [-0.1, -0.05) is 84.9 Å². The summed E-state index contributed by atoms with van der Waals surface area (Å²) in [5, 5.41) is 1.90. The van der Waals surface area contributed by atoms with Crippen LogP contribution in [-0.4, -0.2) is 19.5 Å². The fraction of sp³-hybridized carbons (Fsp3) is 0. The van der Waals surface area contributed by atoms with Crippen molar-refractivity contribution in [3.05, 3.63) is 169 Å². The van der Waals surface area contributed by atoms with Crippen LogP contribution in [0.4, 0.5) is 11.4 Å². The van der Waals surface area contributed by atoms with Crippen LogP contribution in [-0.2, 0) is 0 Å². The third-order valence-electron chi connectivity index (χ3n) is 8.31. The van der Waals surface area contributed by atoms with E-state index in [-0.39, 0.29) is 0 Å². The molecule has 0 aliphatic carbocycles. The number of fused-ring (bicyclic) bond motifs is 3. The van der Waals surface area contributed by atoms with Crippen molar-refractivity contribution < 1.29 is 0 Å². The van der Waals surface area contributed by atoms with Crippen LogP contribution in [0.25, 0.3) is 82.3 Å². The Morgan fingerprint density at radius 3 is 1.53 bits per heavy atom. The third-order valence-corrected chi connectivity index (χ3v) is 8.31. The molecule has 0 fully saturated rings. The van der Waals surface area contributed by atoms with Gasteiger partial charge in [-0.25, -0.2) is 19.7 Å². The van der Waals surface area contributed by atoms with Gasteiger partial charge in [-0.2, -0.15) is 0 Å². The fourth-order valence-corrected chi connectivity index (χ4v) is 6.00. The van der Waals surface area contributed by atoms with E-state index in [9.17, 15) is 0 Å². The van der Waals surface area contributed by atoms with Crippen molar-refractivity contribution in [3.8, 4) is 50.8 Å². The van der Waals surface area contributed by atoms with E-state index in [0.717, 1.165) is 66.8 Å². The van der Waals surface area contributed by atoms with Gasteiger partial charge in [0, 0.05) is 34.1 Å². The van der Waals surface area contributed by atoms with Crippen LogP contribution in [0, 0.1) is 13.1 Å². The highest BCUT2D eigenvalue weighted by atomic mass is 15.0. The monoisotopic (exact) mass is 600 g/mol. The molecule has 5 aromatic carbocycles. The van der Waals surface area contributed by atoms with Gasteiger partial charge in [0.15, 0.2) is 17.2 Å². The predicted molar refractivity (Wildman–Crippen MR) is 188 cm³/mol. The number of pyridine rings is 1. The van der Waals surface area contributed by atoms with Gasteiger partial charge in [0.25, 0.3) is 0 Å². The van der Waals surface area contributed by atoms with Gasteiger partial charge >= 0.3 is 0 Å². The molecule has 0 saturated carbocycles. The average Bonchev–Trinajstić information content (AvgIpc) is 3.48. The standard InChI is InChI=1S/C41H24N6/c1-42-31-17-21-39-34(24-31)35-25-32(43-2)18-22-40(35)47(39)33-19-15-29(16-20-33)38-26-37(45-41(46-38)30-8-4-3-5-9-30)28-13-11-27(12-14-28)36-10-6-7-23-44-36/h3-26H. The van der Waals surface area contributed by atoms with E-state index in [4.69, 9.17) is 23.1 Å². The molecule has 0 N–H and O–H groups in total. The van der Waals surface area contributed by atoms with Crippen molar-refractivity contribution in [2.45, 2.75) is 0 Å². The fourth-order valence-electron chi connectivity index (χ4n) is 6.00. The Hall–Kier alpha value is -6.89. The van der Waals surface area contributed by atoms with E-state index < -0.39 is 0 Å². The molecule has 0 unspecified atom stereocenters. The Labute approximate surface area is 271 Å². The number of hydrogen-bond donors (Lipinski definition) is 0. The molecule has 8 aromatic rings. The normalized spacial score (nSPS) is 10.9. The second kappa shape index (κ2) is 11.6. The minimum atomic E-state index is 0.570. The molecular formula is C41H24N6. The summed E-state index contributed by atoms with van der Waals surface area (Å²) < 4.78 is 2.18. The van der Waals surface area contributed by atoms with Gasteiger partial charge in [0.1, 0.15) is 0 Å². The van der Waals surface area contributed by atoms with Crippen molar-refractivity contribution in [2.24, 2.45) is 0 Å². The highest BCUT2D eigenvalue weighted by molar-refractivity contribution is 6.11. The lowest BCUT2D eigenvalue weighted by Gasteiger charge is -2.12. The third kappa shape index (κ3) is 5.07. The number of rotatable bonds is 5. The Bertz CT molecular complexity index is 2430. The molecule has 0 saturated heterocycles. The van der Waals surface area contributed by atoms with E-state index in [1.165, 1.54) is 0 Å². The van der Waals surface area contributed by atoms with Crippen LogP contribution in [0.3, 0.4) is 0 Å². The lowest BCUT2D eigenvalue weighted by atomic mass is 10.0. The average molecular weight is 601 g/mol. The van der Waals surface area contributed by atoms with E-state index in [2.05, 4.69) is 67.8 Å². The Balaban J connectivity index is 1.23. The molecule has 0 radical (unpaired) electrons. The lowest BCUT2D eigenvalue weighted by Crippen LogP contribution is -1.97. The van der Waals surface area contributed by atoms with Crippen LogP contribution in [0.1, 0.15) is 0 Å². The maximum atomic E-state index is 7.52. The van der Waals surface area contributed by atoms with Gasteiger partial charge in [-0.15, -0.1) is 0 Å². The topological polar surface area (TPSA) is 52.3 Å². The largest absolute Gasteiger partial charge is 0.309 e. The van der Waals surface area contributed by atoms with Crippen LogP contribution in [0.15, 0.2) is 146 Å². The molecule has 47 heavy (non-hydrogen) atoms. The number of nitrogens with zero attached hydrogens (tertiary/aromatic N) is 6. The van der Waals surface area contributed by atoms with Crippen LogP contribution >= 0.6 is 0 Å². The maximum Gasteiger partial charge on any atom is 0.188 e. The van der Waals surface area contributed by atoms with Gasteiger partial charge in [0.05, 0.1) is 41.3 Å². The minimum Gasteiger partial charge on any atom is -0.309 e. The molecule has 3 aromatic heterocycles. The Morgan fingerprint density at radius 1 is 0.468 bits per heavy atom. The molecule has 6 nitrogen and oxygen atoms in total. The molecule has 0 spiro atoms. The Morgan fingerprint density at radius 2 is 1.00 bits per heavy atom. The molecular weight excluding hydrogens is 576 g/mol. The van der Waals surface area contributed by atoms with Gasteiger partial charge < -0.3 is 4.57 Å². The van der Waals surface area contributed by atoms with Crippen LogP contribution in [0.2, 0.25) is 0 Å². The summed E-state index contributed by atoms with van der Waals surface area (Å²) in [6, 6.07) is 46.1.